The number of piperazine rings is 1. The molecule has 0 atom stereocenters. The van der Waals surface area contributed by atoms with Crippen LogP contribution in [0.1, 0.15) is 24.0 Å². The van der Waals surface area contributed by atoms with Gasteiger partial charge in [-0.1, -0.05) is 18.2 Å². The summed E-state index contributed by atoms with van der Waals surface area (Å²) < 4.78 is 6.02. The Hall–Kier alpha value is -2.07. The topological polar surface area (TPSA) is 65.0 Å². The average Bonchev–Trinajstić information content (AvgIpc) is 3.64. The van der Waals surface area contributed by atoms with Crippen LogP contribution >= 0.6 is 24.0 Å². The number of nitrogens with one attached hydrogen (secondary N) is 2. The lowest BCUT2D eigenvalue weighted by molar-refractivity contribution is 0.296. The van der Waals surface area contributed by atoms with Gasteiger partial charge in [-0.15, -0.1) is 24.0 Å². The van der Waals surface area contributed by atoms with Crippen LogP contribution in [0.25, 0.3) is 0 Å². The number of halogens is 1. The van der Waals surface area contributed by atoms with Crippen molar-refractivity contribution in [3.63, 3.8) is 0 Å². The quantitative estimate of drug-likeness (QED) is 0.299. The molecule has 1 aromatic heterocycles. The van der Waals surface area contributed by atoms with Crippen molar-refractivity contribution in [2.45, 2.75) is 25.9 Å². The fraction of sp³-hybridized carbons (Fsp3) is 0.500. The molecule has 2 aliphatic rings. The zero-order valence-corrected chi connectivity index (χ0v) is 21.4. The molecule has 0 radical (unpaired) electrons. The number of hydrogen-bond donors (Lipinski definition) is 2. The Balaban J connectivity index is 0.00000289. The Morgan fingerprint density at radius 3 is 2.59 bits per heavy atom. The molecule has 4 rings (SSSR count). The molecule has 8 heteroatoms. The molecule has 1 saturated heterocycles. The second-order valence-corrected chi connectivity index (χ2v) is 8.45. The lowest BCUT2D eigenvalue weighted by Crippen LogP contribution is -2.44. The molecule has 2 fully saturated rings. The fourth-order valence-corrected chi connectivity index (χ4v) is 3.65. The second kappa shape index (κ2) is 12.2. The second-order valence-electron chi connectivity index (χ2n) is 8.45. The SMILES string of the molecule is CN=C(NCc1ccnc(N2CCN(C)CC2)c1)NCc1ccccc1OCC1CC1.I. The Bertz CT molecular complexity index is 880. The number of guanidine groups is 1. The minimum atomic E-state index is 0. The molecule has 0 spiro atoms. The molecule has 1 aliphatic heterocycles. The summed E-state index contributed by atoms with van der Waals surface area (Å²) in [5, 5.41) is 6.83. The van der Waals surface area contributed by atoms with Gasteiger partial charge in [-0.05, 0) is 49.6 Å². The van der Waals surface area contributed by atoms with Crippen LogP contribution in [0.2, 0.25) is 0 Å². The van der Waals surface area contributed by atoms with Crippen LogP contribution in [0.5, 0.6) is 5.75 Å². The van der Waals surface area contributed by atoms with Crippen LogP contribution in [0.4, 0.5) is 5.82 Å². The Kier molecular flexibility index (Phi) is 9.40. The molecule has 0 bridgehead atoms. The number of rotatable bonds is 8. The van der Waals surface area contributed by atoms with Gasteiger partial charge in [0.1, 0.15) is 11.6 Å². The molecule has 7 nitrogen and oxygen atoms in total. The van der Waals surface area contributed by atoms with E-state index in [1.165, 1.54) is 18.4 Å². The van der Waals surface area contributed by atoms with Crippen molar-refractivity contribution in [1.29, 1.82) is 0 Å². The highest BCUT2D eigenvalue weighted by Crippen LogP contribution is 2.30. The normalized spacial score (nSPS) is 16.9. The molecule has 1 saturated carbocycles. The van der Waals surface area contributed by atoms with Crippen LogP contribution in [-0.2, 0) is 13.1 Å². The van der Waals surface area contributed by atoms with Crippen molar-refractivity contribution in [1.82, 2.24) is 20.5 Å². The number of ether oxygens (including phenoxy) is 1. The Labute approximate surface area is 208 Å². The van der Waals surface area contributed by atoms with E-state index in [0.29, 0.717) is 13.1 Å². The predicted octanol–water partition coefficient (Wildman–Crippen LogP) is 3.11. The third kappa shape index (κ3) is 7.23. The van der Waals surface area contributed by atoms with Gasteiger partial charge in [0.2, 0.25) is 0 Å². The fourth-order valence-electron chi connectivity index (χ4n) is 3.65. The highest BCUT2D eigenvalue weighted by molar-refractivity contribution is 14.0. The van der Waals surface area contributed by atoms with Crippen molar-refractivity contribution < 1.29 is 4.74 Å². The average molecular weight is 550 g/mol. The first-order valence-electron chi connectivity index (χ1n) is 11.2. The van der Waals surface area contributed by atoms with Gasteiger partial charge in [-0.3, -0.25) is 4.99 Å². The maximum atomic E-state index is 6.02. The third-order valence-corrected chi connectivity index (χ3v) is 5.91. The van der Waals surface area contributed by atoms with E-state index in [0.717, 1.165) is 61.8 Å². The molecular formula is C24H35IN6O. The summed E-state index contributed by atoms with van der Waals surface area (Å²) >= 11 is 0. The highest BCUT2D eigenvalue weighted by Gasteiger charge is 2.22. The van der Waals surface area contributed by atoms with E-state index in [9.17, 15) is 0 Å². The molecule has 0 amide bonds. The van der Waals surface area contributed by atoms with E-state index in [-0.39, 0.29) is 24.0 Å². The number of likely N-dealkylation sites (N-methyl/N-ethyl adjacent to an activating group) is 1. The number of nitrogens with zero attached hydrogens (tertiary/aromatic N) is 4. The number of hydrogen-bond acceptors (Lipinski definition) is 5. The number of para-hydroxylation sites is 1. The zero-order chi connectivity index (χ0) is 21.5. The maximum Gasteiger partial charge on any atom is 0.191 e. The van der Waals surface area contributed by atoms with Gasteiger partial charge in [0.05, 0.1) is 6.61 Å². The van der Waals surface area contributed by atoms with Crippen molar-refractivity contribution in [3.05, 3.63) is 53.7 Å². The van der Waals surface area contributed by atoms with Crippen molar-refractivity contribution >= 4 is 35.8 Å². The summed E-state index contributed by atoms with van der Waals surface area (Å²) in [5.74, 6) is 3.53. The largest absolute Gasteiger partial charge is 0.493 e. The first kappa shape index (κ1) is 24.6. The molecular weight excluding hydrogens is 515 g/mol. The first-order chi connectivity index (χ1) is 15.2. The standard InChI is InChI=1S/C24H34N6O.HI/c1-25-24(28-17-21-5-3-4-6-22(21)31-18-19-7-8-19)27-16-20-9-10-26-23(15-20)30-13-11-29(2)12-14-30;/h3-6,9-10,15,19H,7-8,11-14,16-18H2,1-2H3,(H2,25,27,28);1H. The van der Waals surface area contributed by atoms with Crippen LogP contribution < -0.4 is 20.3 Å². The number of aromatic nitrogens is 1. The van der Waals surface area contributed by atoms with Crippen molar-refractivity contribution in [2.24, 2.45) is 10.9 Å². The Morgan fingerprint density at radius 2 is 1.84 bits per heavy atom. The van der Waals surface area contributed by atoms with Crippen LogP contribution in [0.15, 0.2) is 47.6 Å². The van der Waals surface area contributed by atoms with E-state index >= 15 is 0 Å². The molecule has 2 N–H and O–H groups in total. The van der Waals surface area contributed by atoms with Crippen molar-refractivity contribution in [2.75, 3.05) is 51.8 Å². The number of pyridine rings is 1. The molecule has 0 unspecified atom stereocenters. The van der Waals surface area contributed by atoms with Crippen molar-refractivity contribution in [3.8, 4) is 5.75 Å². The minimum Gasteiger partial charge on any atom is -0.493 e. The minimum absolute atomic E-state index is 0. The van der Waals surface area contributed by atoms with Crippen LogP contribution in [-0.4, -0.2) is 62.7 Å². The predicted molar refractivity (Wildman–Crippen MR) is 141 cm³/mol. The molecule has 174 valence electrons. The van der Waals surface area contributed by atoms with Crippen LogP contribution in [0, 0.1) is 5.92 Å². The van der Waals surface area contributed by atoms with E-state index in [1.54, 1.807) is 7.05 Å². The summed E-state index contributed by atoms with van der Waals surface area (Å²) in [6.45, 7) is 6.38. The molecule has 1 aromatic carbocycles. The lowest BCUT2D eigenvalue weighted by Gasteiger charge is -2.33. The number of aliphatic imine (C=N–C) groups is 1. The van der Waals surface area contributed by atoms with E-state index in [1.807, 2.05) is 24.4 Å². The molecule has 32 heavy (non-hydrogen) atoms. The zero-order valence-electron chi connectivity index (χ0n) is 19.1. The van der Waals surface area contributed by atoms with Gasteiger partial charge < -0.3 is 25.2 Å². The maximum absolute atomic E-state index is 6.02. The Morgan fingerprint density at radius 1 is 1.09 bits per heavy atom. The van der Waals surface area contributed by atoms with E-state index in [4.69, 9.17) is 4.74 Å². The van der Waals surface area contributed by atoms with Gasteiger partial charge in [0, 0.05) is 58.1 Å². The summed E-state index contributed by atoms with van der Waals surface area (Å²) in [6.07, 6.45) is 4.49. The van der Waals surface area contributed by atoms with E-state index < -0.39 is 0 Å². The summed E-state index contributed by atoms with van der Waals surface area (Å²) in [5.41, 5.74) is 2.34. The van der Waals surface area contributed by atoms with Gasteiger partial charge in [-0.25, -0.2) is 4.98 Å². The van der Waals surface area contributed by atoms with Crippen LogP contribution in [0.3, 0.4) is 0 Å². The third-order valence-electron chi connectivity index (χ3n) is 5.91. The molecule has 1 aliphatic carbocycles. The lowest BCUT2D eigenvalue weighted by atomic mass is 10.2. The first-order valence-corrected chi connectivity index (χ1v) is 11.2. The van der Waals surface area contributed by atoms with E-state index in [2.05, 4.69) is 55.7 Å². The molecule has 2 aromatic rings. The smallest absolute Gasteiger partial charge is 0.191 e. The number of benzene rings is 1. The van der Waals surface area contributed by atoms with Gasteiger partial charge in [0.15, 0.2) is 5.96 Å². The van der Waals surface area contributed by atoms with Gasteiger partial charge in [-0.2, -0.15) is 0 Å². The van der Waals surface area contributed by atoms with Gasteiger partial charge >= 0.3 is 0 Å². The summed E-state index contributed by atoms with van der Waals surface area (Å²) in [4.78, 5) is 13.7. The highest BCUT2D eigenvalue weighted by atomic mass is 127. The van der Waals surface area contributed by atoms with Gasteiger partial charge in [0.25, 0.3) is 0 Å². The summed E-state index contributed by atoms with van der Waals surface area (Å²) in [6, 6.07) is 12.5. The summed E-state index contributed by atoms with van der Waals surface area (Å²) in [7, 11) is 3.97. The molecule has 2 heterocycles. The number of anilines is 1. The monoisotopic (exact) mass is 550 g/mol.